The van der Waals surface area contributed by atoms with Gasteiger partial charge in [0.15, 0.2) is 10.9 Å². The Balaban J connectivity index is 1.44. The van der Waals surface area contributed by atoms with Crippen LogP contribution in [0, 0.1) is 0 Å². The molecule has 0 fully saturated rings. The molecule has 28 heavy (non-hydrogen) atoms. The summed E-state index contributed by atoms with van der Waals surface area (Å²) < 4.78 is 9.68. The molecule has 0 N–H and O–H groups in total. The monoisotopic (exact) mass is 387 g/mol. The zero-order valence-corrected chi connectivity index (χ0v) is 15.8. The number of furan rings is 1. The van der Waals surface area contributed by atoms with Crippen molar-refractivity contribution in [2.45, 2.75) is 17.5 Å². The average molecular weight is 387 g/mol. The fourth-order valence-corrected chi connectivity index (χ4v) is 3.91. The smallest absolute Gasteiger partial charge is 0.200 e. The van der Waals surface area contributed by atoms with E-state index in [1.165, 1.54) is 5.56 Å². The van der Waals surface area contributed by atoms with Crippen molar-refractivity contribution in [1.82, 2.24) is 24.1 Å². The molecule has 0 radical (unpaired) electrons. The van der Waals surface area contributed by atoms with Crippen LogP contribution in [0.2, 0.25) is 0 Å². The maximum Gasteiger partial charge on any atom is 0.200 e. The van der Waals surface area contributed by atoms with Crippen molar-refractivity contribution in [2.24, 2.45) is 0 Å². The minimum Gasteiger partial charge on any atom is -0.461 e. The second-order valence-electron chi connectivity index (χ2n) is 6.34. The molecule has 5 rings (SSSR count). The first-order chi connectivity index (χ1) is 13.9. The number of benzene rings is 1. The van der Waals surface area contributed by atoms with Gasteiger partial charge < -0.3 is 8.82 Å². The maximum atomic E-state index is 5.57. The third-order valence-corrected chi connectivity index (χ3v) is 5.41. The molecular formula is C21H17N5OS. The SMILES string of the molecule is c1ccc(Cn2c(SCc3cn4ccccc4n3)nnc2-c2ccco2)cc1. The predicted octanol–water partition coefficient (Wildman–Crippen LogP) is 4.53. The Kier molecular flexibility index (Phi) is 4.42. The molecule has 7 heteroatoms. The lowest BCUT2D eigenvalue weighted by Crippen LogP contribution is -2.03. The predicted molar refractivity (Wildman–Crippen MR) is 108 cm³/mol. The summed E-state index contributed by atoms with van der Waals surface area (Å²) in [5.41, 5.74) is 3.13. The van der Waals surface area contributed by atoms with Gasteiger partial charge in [-0.15, -0.1) is 10.2 Å². The molecule has 6 nitrogen and oxygen atoms in total. The summed E-state index contributed by atoms with van der Waals surface area (Å²) in [5.74, 6) is 2.15. The summed E-state index contributed by atoms with van der Waals surface area (Å²) in [6, 6.07) is 20.0. The first-order valence-corrected chi connectivity index (χ1v) is 9.92. The van der Waals surface area contributed by atoms with E-state index in [1.807, 2.05) is 65.3 Å². The summed E-state index contributed by atoms with van der Waals surface area (Å²) in [7, 11) is 0. The molecule has 1 aromatic carbocycles. The topological polar surface area (TPSA) is 61.2 Å². The molecule has 0 bridgehead atoms. The number of thioether (sulfide) groups is 1. The first kappa shape index (κ1) is 16.8. The molecule has 0 atom stereocenters. The molecule has 0 spiro atoms. The van der Waals surface area contributed by atoms with Crippen LogP contribution in [-0.4, -0.2) is 24.1 Å². The van der Waals surface area contributed by atoms with Gasteiger partial charge in [0.25, 0.3) is 0 Å². The van der Waals surface area contributed by atoms with E-state index in [0.717, 1.165) is 22.3 Å². The van der Waals surface area contributed by atoms with Crippen LogP contribution in [0.4, 0.5) is 0 Å². The Hall–Kier alpha value is -3.32. The molecule has 0 aliphatic heterocycles. The quantitative estimate of drug-likeness (QED) is 0.401. The lowest BCUT2D eigenvalue weighted by molar-refractivity contribution is 0.569. The molecule has 4 aromatic heterocycles. The van der Waals surface area contributed by atoms with E-state index in [9.17, 15) is 0 Å². The summed E-state index contributed by atoms with van der Waals surface area (Å²) in [6.45, 7) is 0.678. The van der Waals surface area contributed by atoms with Gasteiger partial charge in [0, 0.05) is 18.1 Å². The van der Waals surface area contributed by atoms with Crippen molar-refractivity contribution in [3.05, 3.63) is 90.6 Å². The number of hydrogen-bond acceptors (Lipinski definition) is 5. The van der Waals surface area contributed by atoms with Crippen LogP contribution in [0.25, 0.3) is 17.2 Å². The Morgan fingerprint density at radius 2 is 1.82 bits per heavy atom. The van der Waals surface area contributed by atoms with Crippen molar-refractivity contribution in [3.63, 3.8) is 0 Å². The summed E-state index contributed by atoms with van der Waals surface area (Å²) in [5, 5.41) is 9.64. The van der Waals surface area contributed by atoms with Crippen LogP contribution in [0.5, 0.6) is 0 Å². The number of aromatic nitrogens is 5. The third-order valence-electron chi connectivity index (χ3n) is 4.40. The molecular weight excluding hydrogens is 370 g/mol. The van der Waals surface area contributed by atoms with Gasteiger partial charge in [0.1, 0.15) is 5.65 Å². The van der Waals surface area contributed by atoms with E-state index < -0.39 is 0 Å². The lowest BCUT2D eigenvalue weighted by Gasteiger charge is -2.09. The largest absolute Gasteiger partial charge is 0.461 e. The van der Waals surface area contributed by atoms with Crippen LogP contribution >= 0.6 is 11.8 Å². The van der Waals surface area contributed by atoms with Gasteiger partial charge >= 0.3 is 0 Å². The zero-order valence-electron chi connectivity index (χ0n) is 15.0. The molecule has 0 aliphatic carbocycles. The second kappa shape index (κ2) is 7.36. The molecule has 4 heterocycles. The van der Waals surface area contributed by atoms with Gasteiger partial charge in [0.05, 0.1) is 18.5 Å². The summed E-state index contributed by atoms with van der Waals surface area (Å²) in [6.07, 6.45) is 5.71. The Morgan fingerprint density at radius 3 is 2.64 bits per heavy atom. The van der Waals surface area contributed by atoms with E-state index in [0.29, 0.717) is 18.1 Å². The number of pyridine rings is 1. The van der Waals surface area contributed by atoms with E-state index in [1.54, 1.807) is 18.0 Å². The number of hydrogen-bond donors (Lipinski definition) is 0. The van der Waals surface area contributed by atoms with Gasteiger partial charge in [-0.1, -0.05) is 48.2 Å². The third kappa shape index (κ3) is 3.32. The van der Waals surface area contributed by atoms with Crippen molar-refractivity contribution >= 4 is 17.4 Å². The Morgan fingerprint density at radius 1 is 0.929 bits per heavy atom. The molecule has 0 saturated heterocycles. The number of fused-ring (bicyclic) bond motifs is 1. The van der Waals surface area contributed by atoms with E-state index in [-0.39, 0.29) is 0 Å². The first-order valence-electron chi connectivity index (χ1n) is 8.93. The van der Waals surface area contributed by atoms with Gasteiger partial charge in [-0.2, -0.15) is 0 Å². The van der Waals surface area contributed by atoms with E-state index >= 15 is 0 Å². The highest BCUT2D eigenvalue weighted by atomic mass is 32.2. The van der Waals surface area contributed by atoms with Gasteiger partial charge in [-0.25, -0.2) is 4.98 Å². The Bertz CT molecular complexity index is 1160. The molecule has 0 aliphatic rings. The van der Waals surface area contributed by atoms with Crippen LogP contribution in [-0.2, 0) is 12.3 Å². The van der Waals surface area contributed by atoms with Crippen molar-refractivity contribution in [3.8, 4) is 11.6 Å². The van der Waals surface area contributed by atoms with Crippen LogP contribution < -0.4 is 0 Å². The molecule has 0 saturated carbocycles. The van der Waals surface area contributed by atoms with Gasteiger partial charge in [0.2, 0.25) is 5.82 Å². The number of imidazole rings is 1. The molecule has 0 amide bonds. The minimum absolute atomic E-state index is 0.678. The Labute approximate surface area is 165 Å². The maximum absolute atomic E-state index is 5.57. The van der Waals surface area contributed by atoms with Gasteiger partial charge in [-0.05, 0) is 29.8 Å². The molecule has 5 aromatic rings. The average Bonchev–Trinajstić information content (AvgIpc) is 3.46. The second-order valence-corrected chi connectivity index (χ2v) is 7.28. The highest BCUT2D eigenvalue weighted by Gasteiger charge is 2.17. The number of rotatable bonds is 6. The van der Waals surface area contributed by atoms with Crippen molar-refractivity contribution in [2.75, 3.05) is 0 Å². The van der Waals surface area contributed by atoms with Crippen LogP contribution in [0.1, 0.15) is 11.3 Å². The normalized spacial score (nSPS) is 11.3. The van der Waals surface area contributed by atoms with Crippen molar-refractivity contribution < 1.29 is 4.42 Å². The summed E-state index contributed by atoms with van der Waals surface area (Å²) in [4.78, 5) is 4.66. The van der Waals surface area contributed by atoms with E-state index in [4.69, 9.17) is 4.42 Å². The summed E-state index contributed by atoms with van der Waals surface area (Å²) >= 11 is 1.62. The highest BCUT2D eigenvalue weighted by Crippen LogP contribution is 2.27. The highest BCUT2D eigenvalue weighted by molar-refractivity contribution is 7.98. The zero-order chi connectivity index (χ0) is 18.8. The molecule has 138 valence electrons. The van der Waals surface area contributed by atoms with Gasteiger partial charge in [-0.3, -0.25) is 4.57 Å². The van der Waals surface area contributed by atoms with E-state index in [2.05, 4.69) is 31.9 Å². The van der Waals surface area contributed by atoms with Crippen LogP contribution in [0.3, 0.4) is 0 Å². The lowest BCUT2D eigenvalue weighted by atomic mass is 10.2. The molecule has 0 unspecified atom stereocenters. The standard InChI is InChI=1S/C21H17N5OS/c1-2-7-16(8-3-1)13-26-20(18-9-6-12-27-18)23-24-21(26)28-15-17-14-25-11-5-4-10-19(25)22-17/h1-12,14H,13,15H2. The minimum atomic E-state index is 0.678. The number of nitrogens with zero attached hydrogens (tertiary/aromatic N) is 5. The fraction of sp³-hybridized carbons (Fsp3) is 0.0952. The fourth-order valence-electron chi connectivity index (χ4n) is 3.09. The van der Waals surface area contributed by atoms with Crippen molar-refractivity contribution in [1.29, 1.82) is 0 Å². The van der Waals surface area contributed by atoms with Crippen LogP contribution in [0.15, 0.2) is 88.9 Å².